The smallest absolute Gasteiger partial charge is 0.410 e. The first kappa shape index (κ1) is 29.2. The lowest BCUT2D eigenvalue weighted by atomic mass is 10.0. The van der Waals surface area contributed by atoms with Crippen LogP contribution in [0.1, 0.15) is 77.1 Å². The van der Waals surface area contributed by atoms with Gasteiger partial charge in [0.2, 0.25) is 5.89 Å². The summed E-state index contributed by atoms with van der Waals surface area (Å²) in [6.07, 6.45) is -0.934. The Kier molecular flexibility index (Phi) is 9.24. The summed E-state index contributed by atoms with van der Waals surface area (Å²) < 4.78 is 16.5. The van der Waals surface area contributed by atoms with Crippen LogP contribution in [0.2, 0.25) is 0 Å². The lowest BCUT2D eigenvalue weighted by molar-refractivity contribution is 0.0348. The van der Waals surface area contributed by atoms with Crippen LogP contribution in [0.4, 0.5) is 21.3 Å². The maximum atomic E-state index is 12.4. The summed E-state index contributed by atoms with van der Waals surface area (Å²) in [5.74, 6) is 0.270. The highest BCUT2D eigenvalue weighted by molar-refractivity contribution is 5.68. The number of carbonyl (C=O) groups excluding carboxylic acids is 2. The Hall–Kier alpha value is -3.34. The van der Waals surface area contributed by atoms with E-state index in [0.29, 0.717) is 6.54 Å². The molecule has 210 valence electrons. The fourth-order valence-electron chi connectivity index (χ4n) is 4.31. The van der Waals surface area contributed by atoms with Crippen LogP contribution < -0.4 is 10.6 Å². The van der Waals surface area contributed by atoms with E-state index in [2.05, 4.69) is 45.6 Å². The van der Waals surface area contributed by atoms with E-state index in [-0.39, 0.29) is 30.1 Å². The Balaban J connectivity index is 1.64. The maximum absolute atomic E-state index is 12.4. The standard InChI is InChI=1S/C27H42N6O5/c1-16(2)36-26(35)33-11-10-32(14-18(33)4)15-21-12-17(3)13-22(19(21)5)29-24-31-30-23(37-24)20(6)28-25(34)38-27(7,8)9/h12-13,16,18,20H,10-11,14-15H2,1-9H3,(H,28,34)(H,29,31)/t18?,20-/m1/s1. The predicted molar refractivity (Wildman–Crippen MR) is 144 cm³/mol. The van der Waals surface area contributed by atoms with Gasteiger partial charge in [0.1, 0.15) is 11.6 Å². The molecule has 0 aliphatic carbocycles. The van der Waals surface area contributed by atoms with Crippen molar-refractivity contribution in [2.24, 2.45) is 0 Å². The van der Waals surface area contributed by atoms with E-state index < -0.39 is 17.7 Å². The van der Waals surface area contributed by atoms with Crippen molar-refractivity contribution < 1.29 is 23.5 Å². The molecule has 2 amide bonds. The summed E-state index contributed by atoms with van der Waals surface area (Å²) in [7, 11) is 0. The molecule has 1 unspecified atom stereocenters. The molecule has 0 bridgehead atoms. The van der Waals surface area contributed by atoms with Crippen molar-refractivity contribution in [1.82, 2.24) is 25.3 Å². The van der Waals surface area contributed by atoms with Gasteiger partial charge in [-0.05, 0) is 85.1 Å². The van der Waals surface area contributed by atoms with Gasteiger partial charge in [-0.1, -0.05) is 11.2 Å². The summed E-state index contributed by atoms with van der Waals surface area (Å²) in [5.41, 5.74) is 3.62. The normalized spacial score (nSPS) is 17.3. The number of carbonyl (C=O) groups is 2. The quantitative estimate of drug-likeness (QED) is 0.505. The molecule has 0 saturated carbocycles. The fraction of sp³-hybridized carbons (Fsp3) is 0.630. The highest BCUT2D eigenvalue weighted by Gasteiger charge is 2.29. The summed E-state index contributed by atoms with van der Waals surface area (Å²) in [6, 6.07) is 4.00. The summed E-state index contributed by atoms with van der Waals surface area (Å²) in [4.78, 5) is 28.6. The van der Waals surface area contributed by atoms with Gasteiger partial charge in [-0.15, -0.1) is 5.10 Å². The Labute approximate surface area is 225 Å². The zero-order chi connectivity index (χ0) is 28.2. The average molecular weight is 531 g/mol. The number of piperazine rings is 1. The topological polar surface area (TPSA) is 122 Å². The molecule has 2 heterocycles. The van der Waals surface area contributed by atoms with Crippen LogP contribution in [0.25, 0.3) is 0 Å². The molecule has 11 heteroatoms. The number of aryl methyl sites for hydroxylation is 1. The van der Waals surface area contributed by atoms with Crippen molar-refractivity contribution in [2.75, 3.05) is 25.0 Å². The van der Waals surface area contributed by atoms with Gasteiger partial charge >= 0.3 is 18.2 Å². The van der Waals surface area contributed by atoms with Crippen LogP contribution in [-0.2, 0) is 16.0 Å². The van der Waals surface area contributed by atoms with Gasteiger partial charge < -0.3 is 29.4 Å². The minimum Gasteiger partial charge on any atom is -0.447 e. The van der Waals surface area contributed by atoms with Gasteiger partial charge in [0.15, 0.2) is 0 Å². The first-order valence-corrected chi connectivity index (χ1v) is 13.1. The largest absolute Gasteiger partial charge is 0.447 e. The molecule has 1 aliphatic heterocycles. The van der Waals surface area contributed by atoms with Gasteiger partial charge in [0.25, 0.3) is 0 Å². The minimum atomic E-state index is -0.600. The molecule has 3 rings (SSSR count). The van der Waals surface area contributed by atoms with Crippen molar-refractivity contribution in [2.45, 2.75) is 92.6 Å². The second kappa shape index (κ2) is 12.0. The number of aromatic nitrogens is 2. The van der Waals surface area contributed by atoms with E-state index in [9.17, 15) is 9.59 Å². The third-order valence-corrected chi connectivity index (χ3v) is 6.12. The molecule has 2 atom stereocenters. The summed E-state index contributed by atoms with van der Waals surface area (Å²) in [5, 5.41) is 14.1. The number of nitrogens with one attached hydrogen (secondary N) is 2. The molecule has 1 saturated heterocycles. The zero-order valence-electron chi connectivity index (χ0n) is 24.0. The molecular formula is C27H42N6O5. The number of ether oxygens (including phenoxy) is 2. The van der Waals surface area contributed by atoms with E-state index >= 15 is 0 Å². The second-order valence-electron chi connectivity index (χ2n) is 11.2. The average Bonchev–Trinajstić information content (AvgIpc) is 3.24. The van der Waals surface area contributed by atoms with Crippen LogP contribution in [0, 0.1) is 13.8 Å². The maximum Gasteiger partial charge on any atom is 0.410 e. The van der Waals surface area contributed by atoms with E-state index in [1.54, 1.807) is 32.6 Å². The van der Waals surface area contributed by atoms with Gasteiger partial charge in [0.05, 0.1) is 6.10 Å². The molecule has 1 aliphatic rings. The van der Waals surface area contributed by atoms with Crippen LogP contribution in [-0.4, -0.2) is 69.6 Å². The van der Waals surface area contributed by atoms with E-state index in [0.717, 1.165) is 36.4 Å². The molecule has 2 aromatic rings. The SMILES string of the molecule is Cc1cc(CN2CCN(C(=O)OC(C)C)C(C)C2)c(C)c(Nc2nnc([C@@H](C)NC(=O)OC(C)(C)C)o2)c1. The highest BCUT2D eigenvalue weighted by Crippen LogP contribution is 2.27. The predicted octanol–water partition coefficient (Wildman–Crippen LogP) is 5.07. The van der Waals surface area contributed by atoms with E-state index in [1.165, 1.54) is 5.56 Å². The summed E-state index contributed by atoms with van der Waals surface area (Å²) >= 11 is 0. The zero-order valence-corrected chi connectivity index (χ0v) is 24.0. The van der Waals surface area contributed by atoms with Gasteiger partial charge in [-0.25, -0.2) is 9.59 Å². The van der Waals surface area contributed by atoms with Gasteiger partial charge in [-0.3, -0.25) is 4.90 Å². The number of hydrogen-bond acceptors (Lipinski definition) is 9. The van der Waals surface area contributed by atoms with Crippen LogP contribution in [0.3, 0.4) is 0 Å². The minimum absolute atomic E-state index is 0.0609. The van der Waals surface area contributed by atoms with Crippen LogP contribution in [0.15, 0.2) is 16.5 Å². The Morgan fingerprint density at radius 2 is 1.87 bits per heavy atom. The molecular weight excluding hydrogens is 488 g/mol. The third-order valence-electron chi connectivity index (χ3n) is 6.12. The molecule has 1 aromatic carbocycles. The van der Waals surface area contributed by atoms with Crippen molar-refractivity contribution >= 4 is 23.9 Å². The van der Waals surface area contributed by atoms with E-state index in [4.69, 9.17) is 13.9 Å². The number of rotatable bonds is 7. The summed E-state index contributed by atoms with van der Waals surface area (Å²) in [6.45, 7) is 19.9. The lowest BCUT2D eigenvalue weighted by Gasteiger charge is -2.39. The van der Waals surface area contributed by atoms with Crippen molar-refractivity contribution in [1.29, 1.82) is 0 Å². The molecule has 38 heavy (non-hydrogen) atoms. The number of hydrogen-bond donors (Lipinski definition) is 2. The monoisotopic (exact) mass is 530 g/mol. The van der Waals surface area contributed by atoms with E-state index in [1.807, 2.05) is 26.8 Å². The van der Waals surface area contributed by atoms with Crippen molar-refractivity contribution in [3.63, 3.8) is 0 Å². The number of amides is 2. The van der Waals surface area contributed by atoms with Crippen molar-refractivity contribution in [3.8, 4) is 0 Å². The molecule has 0 radical (unpaired) electrons. The van der Waals surface area contributed by atoms with Crippen molar-refractivity contribution in [3.05, 3.63) is 34.7 Å². The molecule has 1 aromatic heterocycles. The number of anilines is 2. The molecule has 0 spiro atoms. The third kappa shape index (κ3) is 8.08. The van der Waals surface area contributed by atoms with Gasteiger partial charge in [0, 0.05) is 37.9 Å². The first-order chi connectivity index (χ1) is 17.7. The van der Waals surface area contributed by atoms with Crippen LogP contribution >= 0.6 is 0 Å². The lowest BCUT2D eigenvalue weighted by Crippen LogP contribution is -2.54. The molecule has 11 nitrogen and oxygen atoms in total. The number of nitrogens with zero attached hydrogens (tertiary/aromatic N) is 4. The second-order valence-corrected chi connectivity index (χ2v) is 11.2. The highest BCUT2D eigenvalue weighted by atomic mass is 16.6. The Morgan fingerprint density at radius 1 is 1.16 bits per heavy atom. The Morgan fingerprint density at radius 3 is 2.50 bits per heavy atom. The fourth-order valence-corrected chi connectivity index (χ4v) is 4.31. The van der Waals surface area contributed by atoms with Crippen LogP contribution in [0.5, 0.6) is 0 Å². The number of benzene rings is 1. The first-order valence-electron chi connectivity index (χ1n) is 13.1. The Bertz CT molecular complexity index is 1130. The molecule has 2 N–H and O–H groups in total. The van der Waals surface area contributed by atoms with Gasteiger partial charge in [-0.2, -0.15) is 0 Å². The number of alkyl carbamates (subject to hydrolysis) is 1. The molecule has 1 fully saturated rings.